The highest BCUT2D eigenvalue weighted by Gasteiger charge is 2.25. The Kier molecular flexibility index (Phi) is 7.48. The third-order valence-electron chi connectivity index (χ3n) is 4.16. The molecule has 3 heterocycles. The minimum atomic E-state index is -0.529. The van der Waals surface area contributed by atoms with Crippen LogP contribution in [0.15, 0.2) is 24.5 Å². The number of pyridine rings is 1. The van der Waals surface area contributed by atoms with Crippen molar-refractivity contribution in [2.24, 2.45) is 0 Å². The number of ether oxygens (including phenoxy) is 2. The lowest BCUT2D eigenvalue weighted by molar-refractivity contribution is -0.111. The quantitative estimate of drug-likeness (QED) is 0.764. The normalized spacial score (nSPS) is 14.8. The summed E-state index contributed by atoms with van der Waals surface area (Å²) in [5, 5.41) is 3.37. The lowest BCUT2D eigenvalue weighted by Gasteiger charge is -2.29. The molecule has 9 heteroatoms. The van der Waals surface area contributed by atoms with Crippen molar-refractivity contribution in [2.45, 2.75) is 45.8 Å². The van der Waals surface area contributed by atoms with E-state index in [-0.39, 0.29) is 6.09 Å². The first-order valence-electron chi connectivity index (χ1n) is 9.44. The molecule has 2 aromatic rings. The van der Waals surface area contributed by atoms with E-state index in [1.165, 1.54) is 0 Å². The molecule has 2 aromatic heterocycles. The number of rotatable bonds is 3. The number of aromatic nitrogens is 2. The number of hydrogen-bond acceptors (Lipinski definition) is 5. The average Bonchev–Trinajstić information content (AvgIpc) is 3.08. The van der Waals surface area contributed by atoms with E-state index in [4.69, 9.17) is 21.1 Å². The van der Waals surface area contributed by atoms with Crippen molar-refractivity contribution in [3.8, 4) is 0 Å². The molecule has 160 valence electrons. The van der Waals surface area contributed by atoms with Crippen molar-refractivity contribution in [3.05, 3.63) is 35.4 Å². The Bertz CT molecular complexity index is 839. The largest absolute Gasteiger partial charge is 0.444 e. The Morgan fingerprint density at radius 2 is 1.93 bits per heavy atom. The summed E-state index contributed by atoms with van der Waals surface area (Å²) >= 11 is 6.05. The second-order valence-electron chi connectivity index (χ2n) is 8.16. The van der Waals surface area contributed by atoms with Crippen LogP contribution < -0.4 is 5.32 Å². The first-order chi connectivity index (χ1) is 13.5. The zero-order chi connectivity index (χ0) is 21.7. The van der Waals surface area contributed by atoms with E-state index in [2.05, 4.69) is 10.3 Å². The number of imidazole rings is 1. The van der Waals surface area contributed by atoms with Gasteiger partial charge < -0.3 is 24.1 Å². The molecule has 1 aliphatic heterocycles. The van der Waals surface area contributed by atoms with Gasteiger partial charge in [0.15, 0.2) is 0 Å². The highest BCUT2D eigenvalue weighted by molar-refractivity contribution is 6.33. The molecule has 1 aliphatic rings. The first-order valence-corrected chi connectivity index (χ1v) is 9.82. The lowest BCUT2D eigenvalue weighted by atomic mass is 10.1. The third-order valence-corrected chi connectivity index (χ3v) is 4.48. The molecule has 0 radical (unpaired) electrons. The Morgan fingerprint density at radius 3 is 2.52 bits per heavy atom. The van der Waals surface area contributed by atoms with E-state index >= 15 is 0 Å². The van der Waals surface area contributed by atoms with Gasteiger partial charge in [-0.15, -0.1) is 0 Å². The van der Waals surface area contributed by atoms with Gasteiger partial charge in [0.1, 0.15) is 11.4 Å². The second kappa shape index (κ2) is 9.45. The predicted octanol–water partition coefficient (Wildman–Crippen LogP) is 3.22. The average molecular weight is 425 g/mol. The van der Waals surface area contributed by atoms with Gasteiger partial charge >= 0.3 is 6.09 Å². The summed E-state index contributed by atoms with van der Waals surface area (Å²) in [5.74, 6) is 0.747. The molecule has 0 atom stereocenters. The Hall–Kier alpha value is -2.32. The molecular weight excluding hydrogens is 396 g/mol. The number of halogens is 1. The van der Waals surface area contributed by atoms with E-state index < -0.39 is 11.1 Å². The maximum atomic E-state index is 11.5. The third kappa shape index (κ3) is 6.33. The number of morpholine rings is 1. The van der Waals surface area contributed by atoms with E-state index in [9.17, 15) is 9.59 Å². The van der Waals surface area contributed by atoms with Crippen molar-refractivity contribution in [2.75, 3.05) is 26.3 Å². The van der Waals surface area contributed by atoms with E-state index in [1.807, 2.05) is 57.3 Å². The standard InChI is InChI=1S/C11H12ClN3O.C9H17NO3/c1-11(2,14-7-16)10-13-6-9-8(12)4-3-5-15(9)10;1-9(2,3)13-8(11)10-4-6-12-7-5-10/h3-7H,1-2H3,(H,14,16);4-7H2,1-3H3. The molecule has 0 spiro atoms. The van der Waals surface area contributed by atoms with Gasteiger partial charge in [0.2, 0.25) is 6.41 Å². The van der Waals surface area contributed by atoms with Gasteiger partial charge in [0, 0.05) is 19.3 Å². The fraction of sp³-hybridized carbons (Fsp3) is 0.550. The summed E-state index contributed by atoms with van der Waals surface area (Å²) in [4.78, 5) is 28.0. The van der Waals surface area contributed by atoms with Crippen molar-refractivity contribution in [3.63, 3.8) is 0 Å². The molecule has 0 aliphatic carbocycles. The van der Waals surface area contributed by atoms with Crippen LogP contribution in [0.1, 0.15) is 40.4 Å². The Morgan fingerprint density at radius 1 is 1.28 bits per heavy atom. The molecule has 0 bridgehead atoms. The molecular formula is C20H29ClN4O4. The van der Waals surface area contributed by atoms with Crippen molar-refractivity contribution in [1.82, 2.24) is 19.6 Å². The topological polar surface area (TPSA) is 85.2 Å². The zero-order valence-corrected chi connectivity index (χ0v) is 18.3. The van der Waals surface area contributed by atoms with Gasteiger partial charge in [-0.2, -0.15) is 0 Å². The summed E-state index contributed by atoms with van der Waals surface area (Å²) in [7, 11) is 0. The van der Waals surface area contributed by atoms with Gasteiger partial charge in [-0.05, 0) is 46.8 Å². The maximum Gasteiger partial charge on any atom is 0.410 e. The van der Waals surface area contributed by atoms with Crippen LogP contribution in [0.5, 0.6) is 0 Å². The van der Waals surface area contributed by atoms with Gasteiger partial charge in [0.25, 0.3) is 0 Å². The number of carbonyl (C=O) groups excluding carboxylic acids is 2. The first kappa shape index (κ1) is 23.0. The Labute approximate surface area is 176 Å². The van der Waals surface area contributed by atoms with Crippen molar-refractivity contribution in [1.29, 1.82) is 0 Å². The molecule has 0 unspecified atom stereocenters. The molecule has 1 saturated heterocycles. The van der Waals surface area contributed by atoms with E-state index in [1.54, 1.807) is 11.1 Å². The SMILES string of the molecule is CC(C)(C)OC(=O)N1CCOCC1.CC(C)(NC=O)c1ncc2c(Cl)cccn12. The van der Waals surface area contributed by atoms with E-state index in [0.717, 1.165) is 11.3 Å². The summed E-state index contributed by atoms with van der Waals surface area (Å²) in [6.45, 7) is 11.9. The van der Waals surface area contributed by atoms with E-state index in [0.29, 0.717) is 37.7 Å². The van der Waals surface area contributed by atoms with Crippen LogP contribution in [-0.4, -0.2) is 58.7 Å². The molecule has 8 nitrogen and oxygen atoms in total. The minimum Gasteiger partial charge on any atom is -0.444 e. The fourth-order valence-corrected chi connectivity index (χ4v) is 2.95. The lowest BCUT2D eigenvalue weighted by Crippen LogP contribution is -2.43. The Balaban J connectivity index is 0.000000212. The summed E-state index contributed by atoms with van der Waals surface area (Å²) in [5.41, 5.74) is -0.103. The number of nitrogens with zero attached hydrogens (tertiary/aromatic N) is 3. The molecule has 1 fully saturated rings. The number of nitrogens with one attached hydrogen (secondary N) is 1. The zero-order valence-electron chi connectivity index (χ0n) is 17.6. The van der Waals surface area contributed by atoms with Gasteiger partial charge in [0.05, 0.1) is 35.5 Å². The molecule has 3 rings (SSSR count). The number of hydrogen-bond donors (Lipinski definition) is 1. The van der Waals surface area contributed by atoms with Crippen LogP contribution in [-0.2, 0) is 19.8 Å². The van der Waals surface area contributed by atoms with Gasteiger partial charge in [-0.1, -0.05) is 11.6 Å². The van der Waals surface area contributed by atoms with Gasteiger partial charge in [-0.25, -0.2) is 9.78 Å². The van der Waals surface area contributed by atoms with Crippen LogP contribution in [0.4, 0.5) is 4.79 Å². The van der Waals surface area contributed by atoms with Crippen LogP contribution in [0.2, 0.25) is 5.02 Å². The number of carbonyl (C=O) groups is 2. The summed E-state index contributed by atoms with van der Waals surface area (Å²) < 4.78 is 12.2. The van der Waals surface area contributed by atoms with Gasteiger partial charge in [-0.3, -0.25) is 4.79 Å². The van der Waals surface area contributed by atoms with Crippen LogP contribution >= 0.6 is 11.6 Å². The summed E-state index contributed by atoms with van der Waals surface area (Å²) in [6.07, 6.45) is 4.01. The van der Waals surface area contributed by atoms with Crippen LogP contribution in [0.3, 0.4) is 0 Å². The second-order valence-corrected chi connectivity index (χ2v) is 8.57. The highest BCUT2D eigenvalue weighted by Crippen LogP contribution is 2.23. The molecule has 0 saturated carbocycles. The molecule has 2 amide bonds. The number of amides is 2. The minimum absolute atomic E-state index is 0.240. The molecule has 0 aromatic carbocycles. The number of fused-ring (bicyclic) bond motifs is 1. The predicted molar refractivity (Wildman–Crippen MR) is 111 cm³/mol. The molecule has 1 N–H and O–H groups in total. The monoisotopic (exact) mass is 424 g/mol. The van der Waals surface area contributed by atoms with Crippen LogP contribution in [0.25, 0.3) is 5.52 Å². The fourth-order valence-electron chi connectivity index (χ4n) is 2.73. The molecule has 29 heavy (non-hydrogen) atoms. The maximum absolute atomic E-state index is 11.5. The van der Waals surface area contributed by atoms with Crippen molar-refractivity contribution >= 4 is 29.6 Å². The van der Waals surface area contributed by atoms with Crippen LogP contribution in [0, 0.1) is 0 Å². The highest BCUT2D eigenvalue weighted by atomic mass is 35.5. The summed E-state index contributed by atoms with van der Waals surface area (Å²) in [6, 6.07) is 3.65. The smallest absolute Gasteiger partial charge is 0.410 e. The van der Waals surface area contributed by atoms with Crippen molar-refractivity contribution < 1.29 is 19.1 Å².